The highest BCUT2D eigenvalue weighted by Gasteiger charge is 2.10. The molecule has 0 bridgehead atoms. The number of nitrogens with zero attached hydrogens (tertiary/aromatic N) is 2. The van der Waals surface area contributed by atoms with E-state index in [0.717, 1.165) is 17.1 Å². The van der Waals surface area contributed by atoms with Crippen LogP contribution in [-0.4, -0.2) is 14.7 Å². The Labute approximate surface area is 84.2 Å². The first-order chi connectivity index (χ1) is 5.97. The quantitative estimate of drug-likeness (QED) is 0.727. The Morgan fingerprint density at radius 2 is 1.92 bits per heavy atom. The van der Waals surface area contributed by atoms with Crippen LogP contribution in [0.3, 0.4) is 0 Å². The van der Waals surface area contributed by atoms with Crippen molar-refractivity contribution >= 4 is 11.8 Å². The molecule has 0 aliphatic heterocycles. The Balaban J connectivity index is 2.51. The number of rotatable bonds is 2. The summed E-state index contributed by atoms with van der Waals surface area (Å²) in [6, 6.07) is 0. The van der Waals surface area contributed by atoms with Gasteiger partial charge in [0.2, 0.25) is 0 Å². The molecule has 1 heterocycles. The minimum absolute atomic E-state index is 0.298. The average Bonchev–Trinajstić information content (AvgIpc) is 2.02. The van der Waals surface area contributed by atoms with Crippen molar-refractivity contribution in [2.45, 2.75) is 38.2 Å². The van der Waals surface area contributed by atoms with Crippen molar-refractivity contribution in [3.8, 4) is 0 Å². The molecule has 2 nitrogen and oxygen atoms in total. The number of hydrogen-bond acceptors (Lipinski definition) is 3. The van der Waals surface area contributed by atoms with Gasteiger partial charge in [0, 0.05) is 22.9 Å². The van der Waals surface area contributed by atoms with Crippen LogP contribution in [0.5, 0.6) is 0 Å². The van der Waals surface area contributed by atoms with Crippen LogP contribution in [0.15, 0.2) is 12.4 Å². The molecule has 1 aromatic rings. The van der Waals surface area contributed by atoms with Gasteiger partial charge in [-0.2, -0.15) is 0 Å². The molecule has 1 rings (SSSR count). The van der Waals surface area contributed by atoms with Gasteiger partial charge in [-0.15, -0.1) is 11.8 Å². The maximum Gasteiger partial charge on any atom is 0.0685 e. The lowest BCUT2D eigenvalue weighted by molar-refractivity contribution is 0.801. The molecule has 0 unspecified atom stereocenters. The molecule has 0 atom stereocenters. The Bertz CT molecular complexity index is 261. The van der Waals surface area contributed by atoms with Crippen LogP contribution < -0.4 is 0 Å². The summed E-state index contributed by atoms with van der Waals surface area (Å²) in [5, 5.41) is 0. The molecule has 13 heavy (non-hydrogen) atoms. The van der Waals surface area contributed by atoms with E-state index in [0.29, 0.717) is 4.75 Å². The van der Waals surface area contributed by atoms with E-state index < -0.39 is 0 Å². The lowest BCUT2D eigenvalue weighted by Crippen LogP contribution is -2.08. The van der Waals surface area contributed by atoms with Gasteiger partial charge in [0.15, 0.2) is 0 Å². The van der Waals surface area contributed by atoms with Crippen molar-refractivity contribution in [2.24, 2.45) is 0 Å². The Morgan fingerprint density at radius 3 is 2.38 bits per heavy atom. The SMILES string of the molecule is Cc1cnc(CSC(C)(C)C)cn1. The fourth-order valence-corrected chi connectivity index (χ4v) is 1.51. The van der Waals surface area contributed by atoms with Gasteiger partial charge in [-0.05, 0) is 6.92 Å². The molecular weight excluding hydrogens is 180 g/mol. The summed E-state index contributed by atoms with van der Waals surface area (Å²) in [7, 11) is 0. The van der Waals surface area contributed by atoms with Crippen molar-refractivity contribution in [1.82, 2.24) is 9.97 Å². The topological polar surface area (TPSA) is 25.8 Å². The molecule has 0 saturated carbocycles. The van der Waals surface area contributed by atoms with Crippen LogP contribution >= 0.6 is 11.8 Å². The number of aromatic nitrogens is 2. The summed E-state index contributed by atoms with van der Waals surface area (Å²) in [4.78, 5) is 8.50. The first-order valence-electron chi connectivity index (χ1n) is 4.39. The van der Waals surface area contributed by atoms with Crippen LogP contribution in [-0.2, 0) is 5.75 Å². The van der Waals surface area contributed by atoms with Crippen molar-refractivity contribution in [3.63, 3.8) is 0 Å². The van der Waals surface area contributed by atoms with E-state index in [4.69, 9.17) is 0 Å². The van der Waals surface area contributed by atoms with Crippen molar-refractivity contribution in [2.75, 3.05) is 0 Å². The van der Waals surface area contributed by atoms with E-state index in [1.54, 1.807) is 0 Å². The minimum Gasteiger partial charge on any atom is -0.258 e. The zero-order valence-corrected chi connectivity index (χ0v) is 9.48. The molecule has 1 aromatic heterocycles. The monoisotopic (exact) mass is 196 g/mol. The van der Waals surface area contributed by atoms with Crippen molar-refractivity contribution in [1.29, 1.82) is 0 Å². The normalized spacial score (nSPS) is 11.7. The molecule has 0 fully saturated rings. The predicted molar refractivity (Wildman–Crippen MR) is 57.8 cm³/mol. The summed E-state index contributed by atoms with van der Waals surface area (Å²) in [6.45, 7) is 8.57. The molecule has 72 valence electrons. The maximum atomic E-state index is 4.30. The van der Waals surface area contributed by atoms with E-state index in [2.05, 4.69) is 30.7 Å². The lowest BCUT2D eigenvalue weighted by atomic mass is 10.3. The lowest BCUT2D eigenvalue weighted by Gasteiger charge is -2.16. The van der Waals surface area contributed by atoms with Crippen LogP contribution in [0.4, 0.5) is 0 Å². The number of aryl methyl sites for hydroxylation is 1. The second-order valence-corrected chi connectivity index (χ2v) is 5.85. The fourth-order valence-electron chi connectivity index (χ4n) is 0.784. The smallest absolute Gasteiger partial charge is 0.0685 e. The average molecular weight is 196 g/mol. The van der Waals surface area contributed by atoms with E-state index in [1.165, 1.54) is 0 Å². The zero-order chi connectivity index (χ0) is 9.90. The third kappa shape index (κ3) is 4.27. The fraction of sp³-hybridized carbons (Fsp3) is 0.600. The van der Waals surface area contributed by atoms with Gasteiger partial charge in [0.1, 0.15) is 0 Å². The van der Waals surface area contributed by atoms with Gasteiger partial charge >= 0.3 is 0 Å². The summed E-state index contributed by atoms with van der Waals surface area (Å²) in [5.74, 6) is 0.941. The second kappa shape index (κ2) is 4.09. The van der Waals surface area contributed by atoms with Gasteiger partial charge in [0.05, 0.1) is 11.4 Å². The molecule has 0 N–H and O–H groups in total. The highest BCUT2D eigenvalue weighted by molar-refractivity contribution is 7.99. The highest BCUT2D eigenvalue weighted by Crippen LogP contribution is 2.25. The molecule has 0 aliphatic carbocycles. The Hall–Kier alpha value is -0.570. The molecule has 0 aliphatic rings. The maximum absolute atomic E-state index is 4.30. The van der Waals surface area contributed by atoms with Crippen LogP contribution in [0, 0.1) is 6.92 Å². The Kier molecular flexibility index (Phi) is 3.31. The van der Waals surface area contributed by atoms with Crippen LogP contribution in [0.2, 0.25) is 0 Å². The first kappa shape index (κ1) is 10.5. The van der Waals surface area contributed by atoms with E-state index in [1.807, 2.05) is 31.1 Å². The first-order valence-corrected chi connectivity index (χ1v) is 5.37. The van der Waals surface area contributed by atoms with Crippen LogP contribution in [0.25, 0.3) is 0 Å². The van der Waals surface area contributed by atoms with Crippen molar-refractivity contribution in [3.05, 3.63) is 23.8 Å². The number of hydrogen-bond donors (Lipinski definition) is 0. The molecule has 0 radical (unpaired) electrons. The summed E-state index contributed by atoms with van der Waals surface area (Å²) >= 11 is 1.89. The summed E-state index contributed by atoms with van der Waals surface area (Å²) < 4.78 is 0.298. The molecular formula is C10H16N2S. The molecule has 3 heteroatoms. The standard InChI is InChI=1S/C10H16N2S/c1-8-5-12-9(6-11-8)7-13-10(2,3)4/h5-6H,7H2,1-4H3. The molecule has 0 aromatic carbocycles. The second-order valence-electron chi connectivity index (χ2n) is 4.05. The predicted octanol–water partition coefficient (Wildman–Crippen LogP) is 2.82. The summed E-state index contributed by atoms with van der Waals surface area (Å²) in [5.41, 5.74) is 2.04. The third-order valence-electron chi connectivity index (χ3n) is 1.49. The van der Waals surface area contributed by atoms with Gasteiger partial charge in [-0.3, -0.25) is 9.97 Å². The Morgan fingerprint density at radius 1 is 1.23 bits per heavy atom. The van der Waals surface area contributed by atoms with E-state index in [9.17, 15) is 0 Å². The minimum atomic E-state index is 0.298. The zero-order valence-electron chi connectivity index (χ0n) is 8.66. The highest BCUT2D eigenvalue weighted by atomic mass is 32.2. The van der Waals surface area contributed by atoms with Gasteiger partial charge < -0.3 is 0 Å². The van der Waals surface area contributed by atoms with Crippen LogP contribution in [0.1, 0.15) is 32.2 Å². The number of thioether (sulfide) groups is 1. The van der Waals surface area contributed by atoms with E-state index in [-0.39, 0.29) is 0 Å². The van der Waals surface area contributed by atoms with E-state index >= 15 is 0 Å². The van der Waals surface area contributed by atoms with Gasteiger partial charge in [-0.25, -0.2) is 0 Å². The van der Waals surface area contributed by atoms with Gasteiger partial charge in [0.25, 0.3) is 0 Å². The summed E-state index contributed by atoms with van der Waals surface area (Å²) in [6.07, 6.45) is 3.67. The van der Waals surface area contributed by atoms with Gasteiger partial charge in [-0.1, -0.05) is 20.8 Å². The molecule has 0 saturated heterocycles. The van der Waals surface area contributed by atoms with Crippen molar-refractivity contribution < 1.29 is 0 Å². The molecule has 0 spiro atoms. The largest absolute Gasteiger partial charge is 0.258 e. The third-order valence-corrected chi connectivity index (χ3v) is 2.79. The molecule has 0 amide bonds.